The summed E-state index contributed by atoms with van der Waals surface area (Å²) in [5, 5.41) is 6.13. The maximum Gasteiger partial charge on any atom is 0.321 e. The lowest BCUT2D eigenvalue weighted by atomic mass is 9.83. The van der Waals surface area contributed by atoms with Gasteiger partial charge >= 0.3 is 5.97 Å². The molecular weight excluding hydrogens is 446 g/mol. The van der Waals surface area contributed by atoms with Crippen LogP contribution in [0.1, 0.15) is 30.7 Å². The van der Waals surface area contributed by atoms with Crippen molar-refractivity contribution >= 4 is 33.5 Å². The molecule has 0 bridgehead atoms. The number of H-pyrrole nitrogens is 1. The number of rotatable bonds is 8. The molecule has 8 heteroatoms. The highest BCUT2D eigenvalue weighted by molar-refractivity contribution is 6.19. The number of carbonyl (C=O) groups excluding carboxylic acids is 1. The van der Waals surface area contributed by atoms with Gasteiger partial charge in [0.25, 0.3) is 0 Å². The second kappa shape index (κ2) is 9.38. The molecule has 0 saturated heterocycles. The fourth-order valence-corrected chi connectivity index (χ4v) is 4.40. The third-order valence-electron chi connectivity index (χ3n) is 6.23. The standard InChI is InChI=1S/C27H27N3O5/c1-4-33-26(31)27(2)16-35-30-25(27)24-20(15-32-3)23-19-12-18(34-14-17-8-6-5-7-9-17)10-11-21(19)29-22(23)13-28-24/h5-13,29H,4,14-16H2,1-3H3. The molecule has 1 aliphatic rings. The Labute approximate surface area is 202 Å². The summed E-state index contributed by atoms with van der Waals surface area (Å²) < 4.78 is 17.0. The average Bonchev–Trinajstić information content (AvgIpc) is 3.45. The number of fused-ring (bicyclic) bond motifs is 3. The maximum absolute atomic E-state index is 12.8. The SMILES string of the molecule is CCOC(=O)C1(C)CON=C1c1ncc2[nH]c3ccc(OCc4ccccc4)cc3c2c1COC. The Morgan fingerprint density at radius 1 is 1.14 bits per heavy atom. The fraction of sp³-hybridized carbons (Fsp3) is 0.296. The molecule has 1 aliphatic heterocycles. The van der Waals surface area contributed by atoms with E-state index in [0.29, 0.717) is 18.0 Å². The van der Waals surface area contributed by atoms with Gasteiger partial charge in [0.2, 0.25) is 0 Å². The number of ether oxygens (including phenoxy) is 3. The number of oxime groups is 1. The van der Waals surface area contributed by atoms with Gasteiger partial charge in [-0.1, -0.05) is 35.5 Å². The van der Waals surface area contributed by atoms with Gasteiger partial charge < -0.3 is 24.0 Å². The minimum Gasteiger partial charge on any atom is -0.489 e. The van der Waals surface area contributed by atoms with E-state index in [0.717, 1.165) is 38.7 Å². The average molecular weight is 474 g/mol. The number of carbonyl (C=O) groups is 1. The van der Waals surface area contributed by atoms with Crippen molar-refractivity contribution in [3.8, 4) is 5.75 Å². The zero-order valence-electron chi connectivity index (χ0n) is 20.0. The topological polar surface area (TPSA) is 95.0 Å². The van der Waals surface area contributed by atoms with Crippen molar-refractivity contribution in [2.75, 3.05) is 20.3 Å². The van der Waals surface area contributed by atoms with E-state index in [9.17, 15) is 4.79 Å². The Hall–Kier alpha value is -3.91. The van der Waals surface area contributed by atoms with Crippen LogP contribution in [0.5, 0.6) is 5.75 Å². The van der Waals surface area contributed by atoms with E-state index in [1.54, 1.807) is 27.2 Å². The van der Waals surface area contributed by atoms with Crippen LogP contribution in [0, 0.1) is 5.41 Å². The molecule has 8 nitrogen and oxygen atoms in total. The van der Waals surface area contributed by atoms with Gasteiger partial charge in [0, 0.05) is 29.0 Å². The molecule has 0 radical (unpaired) electrons. The molecule has 0 spiro atoms. The molecule has 0 fully saturated rings. The predicted octanol–water partition coefficient (Wildman–Crippen LogP) is 4.75. The van der Waals surface area contributed by atoms with E-state index in [1.165, 1.54) is 0 Å². The molecule has 1 unspecified atom stereocenters. The molecule has 3 heterocycles. The molecule has 5 rings (SSSR count). The highest BCUT2D eigenvalue weighted by Gasteiger charge is 2.47. The van der Waals surface area contributed by atoms with E-state index >= 15 is 0 Å². The highest BCUT2D eigenvalue weighted by atomic mass is 16.6. The van der Waals surface area contributed by atoms with E-state index in [2.05, 4.69) is 15.1 Å². The minimum absolute atomic E-state index is 0.0959. The number of aromatic nitrogens is 2. The van der Waals surface area contributed by atoms with Gasteiger partial charge in [0.05, 0.1) is 30.6 Å². The Morgan fingerprint density at radius 3 is 2.74 bits per heavy atom. The molecule has 2 aromatic carbocycles. The largest absolute Gasteiger partial charge is 0.489 e. The first kappa shape index (κ1) is 22.9. The monoisotopic (exact) mass is 473 g/mol. The van der Waals surface area contributed by atoms with E-state index in [1.807, 2.05) is 48.5 Å². The molecule has 2 aromatic heterocycles. The molecule has 1 N–H and O–H groups in total. The van der Waals surface area contributed by atoms with Gasteiger partial charge in [-0.05, 0) is 37.6 Å². The highest BCUT2D eigenvalue weighted by Crippen LogP contribution is 2.37. The lowest BCUT2D eigenvalue weighted by Gasteiger charge is -2.22. The van der Waals surface area contributed by atoms with Crippen molar-refractivity contribution < 1.29 is 23.8 Å². The van der Waals surface area contributed by atoms with Crippen LogP contribution in [0.2, 0.25) is 0 Å². The van der Waals surface area contributed by atoms with E-state index < -0.39 is 11.4 Å². The molecule has 0 saturated carbocycles. The number of hydrogen-bond acceptors (Lipinski definition) is 7. The van der Waals surface area contributed by atoms with Crippen molar-refractivity contribution in [2.45, 2.75) is 27.1 Å². The van der Waals surface area contributed by atoms with Crippen molar-refractivity contribution in [2.24, 2.45) is 10.6 Å². The summed E-state index contributed by atoms with van der Waals surface area (Å²) >= 11 is 0. The summed E-state index contributed by atoms with van der Waals surface area (Å²) in [6.07, 6.45) is 1.75. The zero-order valence-corrected chi connectivity index (χ0v) is 20.0. The van der Waals surface area contributed by atoms with Gasteiger partial charge in [-0.25, -0.2) is 0 Å². The lowest BCUT2D eigenvalue weighted by Crippen LogP contribution is -2.39. The van der Waals surface area contributed by atoms with Crippen LogP contribution in [-0.4, -0.2) is 42.0 Å². The first-order valence-corrected chi connectivity index (χ1v) is 11.5. The van der Waals surface area contributed by atoms with Crippen molar-refractivity contribution in [3.63, 3.8) is 0 Å². The van der Waals surface area contributed by atoms with E-state index in [4.69, 9.17) is 19.0 Å². The summed E-state index contributed by atoms with van der Waals surface area (Å²) in [6, 6.07) is 16.0. The van der Waals surface area contributed by atoms with Crippen molar-refractivity contribution in [3.05, 3.63) is 71.5 Å². The van der Waals surface area contributed by atoms with Crippen LogP contribution in [-0.2, 0) is 32.3 Å². The van der Waals surface area contributed by atoms with Crippen molar-refractivity contribution in [1.29, 1.82) is 0 Å². The Bertz CT molecular complexity index is 1410. The second-order valence-corrected chi connectivity index (χ2v) is 8.68. The number of nitrogens with one attached hydrogen (secondary N) is 1. The maximum atomic E-state index is 12.8. The second-order valence-electron chi connectivity index (χ2n) is 8.68. The lowest BCUT2D eigenvalue weighted by molar-refractivity contribution is -0.151. The number of pyridine rings is 1. The third-order valence-corrected chi connectivity index (χ3v) is 6.23. The van der Waals surface area contributed by atoms with Crippen LogP contribution >= 0.6 is 0 Å². The quantitative estimate of drug-likeness (QED) is 0.371. The first-order valence-electron chi connectivity index (χ1n) is 11.5. The van der Waals surface area contributed by atoms with Gasteiger partial charge in [0.1, 0.15) is 30.1 Å². The summed E-state index contributed by atoms with van der Waals surface area (Å²) in [7, 11) is 1.63. The molecule has 1 atom stereocenters. The molecule has 180 valence electrons. The molecule has 0 aliphatic carbocycles. The van der Waals surface area contributed by atoms with Gasteiger partial charge in [-0.15, -0.1) is 0 Å². The Balaban J connectivity index is 1.60. The summed E-state index contributed by atoms with van der Waals surface area (Å²) in [5.74, 6) is 0.360. The molecule has 35 heavy (non-hydrogen) atoms. The third kappa shape index (κ3) is 4.10. The smallest absolute Gasteiger partial charge is 0.321 e. The van der Waals surface area contributed by atoms with Crippen LogP contribution in [0.15, 0.2) is 59.9 Å². The number of nitrogens with zero attached hydrogens (tertiary/aromatic N) is 2. The molecular formula is C27H27N3O5. The van der Waals surface area contributed by atoms with Gasteiger partial charge in [-0.3, -0.25) is 9.78 Å². The van der Waals surface area contributed by atoms with Crippen LogP contribution in [0.25, 0.3) is 21.8 Å². The van der Waals surface area contributed by atoms with Gasteiger partial charge in [0.15, 0.2) is 0 Å². The summed E-state index contributed by atoms with van der Waals surface area (Å²) in [5.41, 5.74) is 3.65. The van der Waals surface area contributed by atoms with E-state index in [-0.39, 0.29) is 19.8 Å². The number of methoxy groups -OCH3 is 1. The fourth-order valence-electron chi connectivity index (χ4n) is 4.40. The minimum atomic E-state index is -1.06. The molecule has 4 aromatic rings. The first-order chi connectivity index (χ1) is 17.0. The Kier molecular flexibility index (Phi) is 6.13. The normalized spacial score (nSPS) is 17.4. The number of hydrogen-bond donors (Lipinski definition) is 1. The predicted molar refractivity (Wildman–Crippen MR) is 132 cm³/mol. The summed E-state index contributed by atoms with van der Waals surface area (Å²) in [4.78, 5) is 26.3. The number of esters is 1. The van der Waals surface area contributed by atoms with Crippen LogP contribution in [0.4, 0.5) is 0 Å². The number of aromatic amines is 1. The van der Waals surface area contributed by atoms with Crippen LogP contribution in [0.3, 0.4) is 0 Å². The number of benzene rings is 2. The summed E-state index contributed by atoms with van der Waals surface area (Å²) in [6.45, 7) is 4.66. The van der Waals surface area contributed by atoms with Crippen molar-refractivity contribution in [1.82, 2.24) is 9.97 Å². The molecule has 0 amide bonds. The van der Waals surface area contributed by atoms with Gasteiger partial charge in [-0.2, -0.15) is 0 Å². The van der Waals surface area contributed by atoms with Crippen LogP contribution < -0.4 is 4.74 Å². The Morgan fingerprint density at radius 2 is 1.97 bits per heavy atom. The zero-order chi connectivity index (χ0) is 24.4.